The van der Waals surface area contributed by atoms with Crippen LogP contribution in [-0.2, 0) is 24.5 Å². The molecule has 0 fully saturated rings. The Morgan fingerprint density at radius 1 is 0.310 bits per heavy atom. The van der Waals surface area contributed by atoms with Crippen molar-refractivity contribution in [1.82, 2.24) is 0 Å². The molecular formula is C36H30O4SiZr. The number of rotatable bonds is 11. The van der Waals surface area contributed by atoms with Gasteiger partial charge in [0.2, 0.25) is 0 Å². The summed E-state index contributed by atoms with van der Waals surface area (Å²) in [5.41, 5.74) is 0. The zero-order chi connectivity index (χ0) is 28.5. The Labute approximate surface area is 254 Å². The van der Waals surface area contributed by atoms with Crippen molar-refractivity contribution in [1.29, 1.82) is 0 Å². The number of hydrogen-bond acceptors (Lipinski definition) is 4. The summed E-state index contributed by atoms with van der Waals surface area (Å²) >= 11 is -5.22. The Morgan fingerprint density at radius 2 is 0.548 bits per heavy atom. The molecule has 0 spiro atoms. The molecule has 0 atom stereocenters. The summed E-state index contributed by atoms with van der Waals surface area (Å²) < 4.78 is 28.4. The summed E-state index contributed by atoms with van der Waals surface area (Å²) in [5.74, 6) is 1.87. The second-order valence-corrected chi connectivity index (χ2v) is 18.4. The summed E-state index contributed by atoms with van der Waals surface area (Å²) in [6.45, 7) is 0. The Morgan fingerprint density at radius 3 is 0.810 bits per heavy atom. The third-order valence-corrected chi connectivity index (χ3v) is 18.5. The first kappa shape index (κ1) is 27.9. The molecule has 4 nitrogen and oxygen atoms in total. The van der Waals surface area contributed by atoms with Crippen LogP contribution in [0.4, 0.5) is 0 Å². The third-order valence-electron chi connectivity index (χ3n) is 6.78. The minimum atomic E-state index is -5.22. The van der Waals surface area contributed by atoms with Crippen molar-refractivity contribution in [3.8, 4) is 17.2 Å². The number of benzene rings is 6. The first-order chi connectivity index (χ1) is 20.8. The molecule has 0 aromatic heterocycles. The molecule has 0 N–H and O–H groups in total. The van der Waals surface area contributed by atoms with Crippen LogP contribution in [0.5, 0.6) is 17.2 Å². The van der Waals surface area contributed by atoms with Crippen LogP contribution in [0.1, 0.15) is 0 Å². The van der Waals surface area contributed by atoms with E-state index < -0.39 is 30.3 Å². The van der Waals surface area contributed by atoms with Gasteiger partial charge in [-0.25, -0.2) is 0 Å². The second-order valence-electron chi connectivity index (χ2n) is 9.63. The Bertz CT molecular complexity index is 1460. The molecular weight excluding hydrogens is 616 g/mol. The van der Waals surface area contributed by atoms with E-state index in [1.165, 1.54) is 0 Å². The molecule has 6 heteroatoms. The minimum absolute atomic E-state index is 0.622. The average Bonchev–Trinajstić information content (AvgIpc) is 3.06. The fraction of sp³-hybridized carbons (Fsp3) is 0. The molecule has 0 amide bonds. The maximum absolute atomic E-state index is 7.68. The van der Waals surface area contributed by atoms with Gasteiger partial charge < -0.3 is 0 Å². The van der Waals surface area contributed by atoms with E-state index >= 15 is 0 Å². The van der Waals surface area contributed by atoms with Crippen LogP contribution in [0.3, 0.4) is 0 Å². The van der Waals surface area contributed by atoms with Crippen molar-refractivity contribution >= 4 is 23.9 Å². The predicted molar refractivity (Wildman–Crippen MR) is 166 cm³/mol. The molecule has 0 saturated heterocycles. The molecule has 0 saturated carbocycles. The molecule has 0 aliphatic carbocycles. The van der Waals surface area contributed by atoms with Gasteiger partial charge in [0.1, 0.15) is 0 Å². The van der Waals surface area contributed by atoms with E-state index in [-0.39, 0.29) is 0 Å². The Balaban J connectivity index is 1.62. The van der Waals surface area contributed by atoms with Gasteiger partial charge in [-0.15, -0.1) is 0 Å². The summed E-state index contributed by atoms with van der Waals surface area (Å²) in [7, 11) is -3.30. The molecule has 6 aromatic rings. The standard InChI is InChI=1S/C18H15OSi.3C6H6O.Zr/c19-20(16-10-4-1-5-11-16,17-12-6-2-7-13-17)18-14-8-3-9-15-18;3*7-6-4-2-1-3-5-6;/h1-15H;3*1-5,7H;/q-1;;;;+4/p-3. The molecule has 42 heavy (non-hydrogen) atoms. The molecule has 0 aliphatic rings. The monoisotopic (exact) mass is 644 g/mol. The van der Waals surface area contributed by atoms with Gasteiger partial charge in [0, 0.05) is 0 Å². The first-order valence-electron chi connectivity index (χ1n) is 13.8. The zero-order valence-electron chi connectivity index (χ0n) is 23.0. The quantitative estimate of drug-likeness (QED) is 0.116. The first-order valence-corrected chi connectivity index (χ1v) is 19.8. The van der Waals surface area contributed by atoms with E-state index in [0.29, 0.717) is 17.2 Å². The van der Waals surface area contributed by atoms with Crippen molar-refractivity contribution in [2.24, 2.45) is 0 Å². The van der Waals surface area contributed by atoms with Crippen LogP contribution in [0.2, 0.25) is 0 Å². The van der Waals surface area contributed by atoms with Gasteiger partial charge in [0.25, 0.3) is 0 Å². The van der Waals surface area contributed by atoms with Gasteiger partial charge in [-0.3, -0.25) is 0 Å². The SMILES string of the molecule is c1ccc([O][Zr]([O]c2ccccc2)([O]c2ccccc2)[O][Si](c2ccccc2)(c2ccccc2)c2ccccc2)cc1. The van der Waals surface area contributed by atoms with Gasteiger partial charge in [0.15, 0.2) is 0 Å². The van der Waals surface area contributed by atoms with Crippen molar-refractivity contribution in [3.63, 3.8) is 0 Å². The van der Waals surface area contributed by atoms with Crippen LogP contribution in [0.25, 0.3) is 0 Å². The van der Waals surface area contributed by atoms with Crippen LogP contribution >= 0.6 is 0 Å². The predicted octanol–water partition coefficient (Wildman–Crippen LogP) is 6.72. The Hall–Kier alpha value is -4.22. The number of para-hydroxylation sites is 3. The average molecular weight is 646 g/mol. The third kappa shape index (κ3) is 6.32. The maximum atomic E-state index is 7.68. The topological polar surface area (TPSA) is 36.9 Å². The summed E-state index contributed by atoms with van der Waals surface area (Å²) in [5, 5.41) is 3.19. The number of hydrogen-bond donors (Lipinski definition) is 0. The van der Waals surface area contributed by atoms with E-state index in [4.69, 9.17) is 10.9 Å². The summed E-state index contributed by atoms with van der Waals surface area (Å²) in [6.07, 6.45) is 0. The fourth-order valence-corrected chi connectivity index (χ4v) is 18.5. The van der Waals surface area contributed by atoms with E-state index in [1.807, 2.05) is 109 Å². The molecule has 0 bridgehead atoms. The normalized spacial score (nSPS) is 11.4. The molecule has 0 heterocycles. The molecule has 0 aliphatic heterocycles. The van der Waals surface area contributed by atoms with Crippen molar-refractivity contribution < 1.29 is 33.0 Å². The summed E-state index contributed by atoms with van der Waals surface area (Å²) in [6, 6.07) is 60.2. The van der Waals surface area contributed by atoms with Gasteiger partial charge >= 0.3 is 256 Å². The molecule has 0 unspecified atom stereocenters. The van der Waals surface area contributed by atoms with E-state index in [9.17, 15) is 0 Å². The van der Waals surface area contributed by atoms with Crippen LogP contribution in [-0.4, -0.2) is 8.32 Å². The van der Waals surface area contributed by atoms with Crippen LogP contribution in [0, 0.1) is 0 Å². The van der Waals surface area contributed by atoms with E-state index in [0.717, 1.165) is 15.6 Å². The van der Waals surface area contributed by atoms with E-state index in [1.54, 1.807) is 0 Å². The van der Waals surface area contributed by atoms with Crippen molar-refractivity contribution in [3.05, 3.63) is 182 Å². The Kier molecular flexibility index (Phi) is 8.76. The fourth-order valence-electron chi connectivity index (χ4n) is 4.91. The van der Waals surface area contributed by atoms with Gasteiger partial charge in [0.05, 0.1) is 0 Å². The molecule has 206 valence electrons. The summed E-state index contributed by atoms with van der Waals surface area (Å²) in [4.78, 5) is 0. The van der Waals surface area contributed by atoms with E-state index in [2.05, 4.69) is 72.8 Å². The van der Waals surface area contributed by atoms with Crippen molar-refractivity contribution in [2.45, 2.75) is 0 Å². The van der Waals surface area contributed by atoms with Crippen LogP contribution < -0.4 is 24.0 Å². The molecule has 6 rings (SSSR count). The second kappa shape index (κ2) is 13.2. The zero-order valence-corrected chi connectivity index (χ0v) is 26.4. The van der Waals surface area contributed by atoms with Gasteiger partial charge in [-0.1, -0.05) is 0 Å². The molecule has 6 aromatic carbocycles. The van der Waals surface area contributed by atoms with Crippen LogP contribution in [0.15, 0.2) is 182 Å². The van der Waals surface area contributed by atoms with Gasteiger partial charge in [-0.05, 0) is 0 Å². The molecule has 0 radical (unpaired) electrons. The van der Waals surface area contributed by atoms with Gasteiger partial charge in [-0.2, -0.15) is 0 Å². The van der Waals surface area contributed by atoms with Crippen molar-refractivity contribution in [2.75, 3.05) is 0 Å².